The van der Waals surface area contributed by atoms with Crippen LogP contribution in [-0.2, 0) is 11.3 Å². The van der Waals surface area contributed by atoms with Crippen LogP contribution in [0, 0.1) is 42.9 Å². The number of carbonyl (C=O) groups excluding carboxylic acids is 2. The quantitative estimate of drug-likeness (QED) is 0.263. The van der Waals surface area contributed by atoms with Gasteiger partial charge < -0.3 is 19.8 Å². The van der Waals surface area contributed by atoms with E-state index in [4.69, 9.17) is 0 Å². The van der Waals surface area contributed by atoms with Crippen molar-refractivity contribution in [1.82, 2.24) is 19.8 Å². The first-order valence-corrected chi connectivity index (χ1v) is 18.3. The third-order valence-electron chi connectivity index (χ3n) is 11.9. The van der Waals surface area contributed by atoms with E-state index in [0.29, 0.717) is 23.0 Å². The third-order valence-corrected chi connectivity index (χ3v) is 12.7. The van der Waals surface area contributed by atoms with Crippen molar-refractivity contribution < 1.29 is 9.59 Å². The average molecular weight is 629 g/mol. The fourth-order valence-electron chi connectivity index (χ4n) is 10.3. The molecule has 4 aliphatic carbocycles. The van der Waals surface area contributed by atoms with Gasteiger partial charge in [0.15, 0.2) is 0 Å². The van der Waals surface area contributed by atoms with E-state index >= 15 is 0 Å². The largest absolute Gasteiger partial charge is 0.348 e. The molecule has 3 heterocycles. The molecular formula is C37H48N4O3S. The van der Waals surface area contributed by atoms with E-state index in [1.54, 1.807) is 0 Å². The van der Waals surface area contributed by atoms with Crippen LogP contribution in [0.3, 0.4) is 0 Å². The van der Waals surface area contributed by atoms with Crippen LogP contribution in [0.25, 0.3) is 10.9 Å². The SMILES string of the molecule is CSc1cc(C)[nH]c(=O)c1CNC(=O)c1c(C)n(C(C)C2CCN(C(=O)CC34CC5CC(CC(C5)C3)C4)CC2)c2ccccc12. The Kier molecular flexibility index (Phi) is 8.16. The summed E-state index contributed by atoms with van der Waals surface area (Å²) in [7, 11) is 0. The first-order chi connectivity index (χ1) is 21.6. The smallest absolute Gasteiger partial charge is 0.254 e. The van der Waals surface area contributed by atoms with E-state index in [9.17, 15) is 14.4 Å². The molecule has 4 saturated carbocycles. The van der Waals surface area contributed by atoms with E-state index in [2.05, 4.69) is 32.8 Å². The third kappa shape index (κ3) is 5.66. The maximum atomic E-state index is 13.7. The Bertz CT molecular complexity index is 1650. The molecular weight excluding hydrogens is 580 g/mol. The number of piperidine rings is 1. The van der Waals surface area contributed by atoms with Gasteiger partial charge in [-0.25, -0.2) is 0 Å². The molecule has 1 aliphatic heterocycles. The molecule has 5 aliphatic rings. The fourth-order valence-corrected chi connectivity index (χ4v) is 11.0. The van der Waals surface area contributed by atoms with E-state index < -0.39 is 0 Å². The molecule has 8 rings (SSSR count). The van der Waals surface area contributed by atoms with Crippen molar-refractivity contribution in [2.45, 2.75) is 96.0 Å². The Morgan fingerprint density at radius 1 is 1.04 bits per heavy atom. The number of nitrogens with one attached hydrogen (secondary N) is 2. The Hall–Kier alpha value is -3.00. The lowest BCUT2D eigenvalue weighted by atomic mass is 9.49. The van der Waals surface area contributed by atoms with Crippen LogP contribution >= 0.6 is 11.8 Å². The van der Waals surface area contributed by atoms with Crippen molar-refractivity contribution in [3.8, 4) is 0 Å². The molecule has 1 saturated heterocycles. The second kappa shape index (κ2) is 12.0. The highest BCUT2D eigenvalue weighted by Gasteiger charge is 2.51. The molecule has 4 bridgehead atoms. The van der Waals surface area contributed by atoms with Crippen LogP contribution in [-0.4, -0.2) is 45.6 Å². The molecule has 1 unspecified atom stereocenters. The van der Waals surface area contributed by atoms with Gasteiger partial charge in [-0.15, -0.1) is 11.8 Å². The van der Waals surface area contributed by atoms with Gasteiger partial charge in [-0.2, -0.15) is 0 Å². The summed E-state index contributed by atoms with van der Waals surface area (Å²) in [5.74, 6) is 3.28. The molecule has 8 heteroatoms. The van der Waals surface area contributed by atoms with E-state index in [1.165, 1.54) is 50.3 Å². The minimum absolute atomic E-state index is 0.157. The van der Waals surface area contributed by atoms with Gasteiger partial charge >= 0.3 is 0 Å². The average Bonchev–Trinajstić information content (AvgIpc) is 3.30. The van der Waals surface area contributed by atoms with Crippen molar-refractivity contribution in [2.75, 3.05) is 19.3 Å². The van der Waals surface area contributed by atoms with Crippen molar-refractivity contribution in [3.05, 3.63) is 63.2 Å². The predicted octanol–water partition coefficient (Wildman–Crippen LogP) is 7.00. The molecule has 45 heavy (non-hydrogen) atoms. The van der Waals surface area contributed by atoms with Crippen LogP contribution < -0.4 is 10.9 Å². The number of nitrogens with zero attached hydrogens (tertiary/aromatic N) is 2. The molecule has 1 atom stereocenters. The molecule has 1 aromatic carbocycles. The molecule has 240 valence electrons. The fraction of sp³-hybridized carbons (Fsp3) is 0.595. The lowest BCUT2D eigenvalue weighted by Crippen LogP contribution is -2.49. The second-order valence-corrected chi connectivity index (χ2v) is 15.8. The van der Waals surface area contributed by atoms with Crippen LogP contribution in [0.15, 0.2) is 40.0 Å². The van der Waals surface area contributed by atoms with Gasteiger partial charge in [-0.1, -0.05) is 18.2 Å². The number of pyridine rings is 1. The zero-order valence-electron chi connectivity index (χ0n) is 27.3. The maximum Gasteiger partial charge on any atom is 0.254 e. The standard InChI is InChI=1S/C37H48N4O3S/c1-22-13-32(45-4)30(35(43)39-22)21-38-36(44)34-24(3)41(31-8-6-5-7-29(31)34)23(2)28-9-11-40(12-10-28)33(42)20-37-17-25-14-26(18-37)16-27(15-25)19-37/h5-8,13,23,25-28H,9-12,14-21H2,1-4H3,(H,38,44)(H,39,43). The lowest BCUT2D eigenvalue weighted by molar-refractivity contribution is -0.141. The van der Waals surface area contributed by atoms with E-state index in [0.717, 1.165) is 77.3 Å². The van der Waals surface area contributed by atoms with Gasteiger partial charge in [0.05, 0.1) is 5.56 Å². The lowest BCUT2D eigenvalue weighted by Gasteiger charge is -2.57. The molecule has 0 spiro atoms. The molecule has 2 N–H and O–H groups in total. The van der Waals surface area contributed by atoms with Gasteiger partial charge in [0, 0.05) is 64.8 Å². The van der Waals surface area contributed by atoms with Gasteiger partial charge in [0.2, 0.25) is 5.91 Å². The summed E-state index contributed by atoms with van der Waals surface area (Å²) in [6.07, 6.45) is 12.8. The maximum absolute atomic E-state index is 13.7. The van der Waals surface area contributed by atoms with Gasteiger partial charge in [-0.05, 0) is 120 Å². The topological polar surface area (TPSA) is 87.2 Å². The number of thioether (sulfide) groups is 1. The zero-order chi connectivity index (χ0) is 31.5. The number of H-pyrrole nitrogens is 1. The summed E-state index contributed by atoms with van der Waals surface area (Å²) >= 11 is 1.52. The second-order valence-electron chi connectivity index (χ2n) is 14.9. The van der Waals surface area contributed by atoms with Gasteiger partial charge in [0.25, 0.3) is 11.5 Å². The number of hydrogen-bond acceptors (Lipinski definition) is 4. The highest BCUT2D eigenvalue weighted by atomic mass is 32.2. The zero-order valence-corrected chi connectivity index (χ0v) is 28.1. The highest BCUT2D eigenvalue weighted by molar-refractivity contribution is 7.98. The number of fused-ring (bicyclic) bond motifs is 1. The summed E-state index contributed by atoms with van der Waals surface area (Å²) in [4.78, 5) is 46.0. The number of benzene rings is 1. The molecule has 3 aromatic rings. The molecule has 7 nitrogen and oxygen atoms in total. The number of aryl methyl sites for hydroxylation is 1. The van der Waals surface area contributed by atoms with Crippen molar-refractivity contribution in [2.24, 2.45) is 29.1 Å². The molecule has 5 fully saturated rings. The summed E-state index contributed by atoms with van der Waals surface area (Å²) in [6.45, 7) is 8.02. The summed E-state index contributed by atoms with van der Waals surface area (Å²) in [5, 5.41) is 3.99. The van der Waals surface area contributed by atoms with Gasteiger partial charge in [0.1, 0.15) is 0 Å². The monoisotopic (exact) mass is 628 g/mol. The normalized spacial score (nSPS) is 26.8. The summed E-state index contributed by atoms with van der Waals surface area (Å²) in [6, 6.07) is 10.3. The first-order valence-electron chi connectivity index (χ1n) is 17.1. The first kappa shape index (κ1) is 30.6. The number of hydrogen-bond donors (Lipinski definition) is 2. The number of para-hydroxylation sites is 1. The molecule has 2 amide bonds. The Morgan fingerprint density at radius 2 is 1.69 bits per heavy atom. The summed E-state index contributed by atoms with van der Waals surface area (Å²) < 4.78 is 2.34. The Morgan fingerprint density at radius 3 is 2.33 bits per heavy atom. The van der Waals surface area contributed by atoms with Crippen LogP contribution in [0.5, 0.6) is 0 Å². The molecule has 2 aromatic heterocycles. The predicted molar refractivity (Wildman–Crippen MR) is 181 cm³/mol. The van der Waals surface area contributed by atoms with Crippen molar-refractivity contribution in [3.63, 3.8) is 0 Å². The Labute approximate surface area is 270 Å². The summed E-state index contributed by atoms with van der Waals surface area (Å²) in [5.41, 5.74) is 4.21. The number of carbonyl (C=O) groups is 2. The van der Waals surface area contributed by atoms with Crippen LogP contribution in [0.2, 0.25) is 0 Å². The van der Waals surface area contributed by atoms with E-state index in [-0.39, 0.29) is 29.5 Å². The number of aromatic amines is 1. The van der Waals surface area contributed by atoms with E-state index in [1.807, 2.05) is 44.4 Å². The number of rotatable bonds is 8. The van der Waals surface area contributed by atoms with Crippen LogP contribution in [0.4, 0.5) is 0 Å². The van der Waals surface area contributed by atoms with Crippen LogP contribution in [0.1, 0.15) is 98.1 Å². The number of amides is 2. The minimum atomic E-state index is -0.160. The van der Waals surface area contributed by atoms with Gasteiger partial charge in [-0.3, -0.25) is 14.4 Å². The van der Waals surface area contributed by atoms with Crippen molar-refractivity contribution in [1.29, 1.82) is 0 Å². The Balaban J connectivity index is 1.04. The van der Waals surface area contributed by atoms with Crippen molar-refractivity contribution >= 4 is 34.5 Å². The number of aromatic nitrogens is 2. The minimum Gasteiger partial charge on any atom is -0.348 e. The highest BCUT2D eigenvalue weighted by Crippen LogP contribution is 2.61. The number of likely N-dealkylation sites (tertiary alicyclic amines) is 1. The molecule has 0 radical (unpaired) electrons.